The molecule has 2 aromatic heterocycles. The van der Waals surface area contributed by atoms with E-state index in [9.17, 15) is 0 Å². The average molecular weight is 379 g/mol. The molecule has 148 valence electrons. The van der Waals surface area contributed by atoms with Gasteiger partial charge in [0.05, 0.1) is 25.2 Å². The van der Waals surface area contributed by atoms with Crippen LogP contribution in [-0.4, -0.2) is 60.0 Å². The maximum atomic E-state index is 4.71. The van der Waals surface area contributed by atoms with E-state index >= 15 is 0 Å². The van der Waals surface area contributed by atoms with Crippen LogP contribution in [0.3, 0.4) is 0 Å². The fourth-order valence-corrected chi connectivity index (χ4v) is 3.40. The summed E-state index contributed by atoms with van der Waals surface area (Å²) in [6.45, 7) is 13.7. The number of hydrogen-bond acceptors (Lipinski definition) is 4. The lowest BCUT2D eigenvalue weighted by molar-refractivity contribution is 0.760. The summed E-state index contributed by atoms with van der Waals surface area (Å²) in [7, 11) is 0. The number of aryl methyl sites for hydroxylation is 4. The number of H-pyrrole nitrogens is 2. The van der Waals surface area contributed by atoms with E-state index in [4.69, 9.17) is 9.98 Å². The Morgan fingerprint density at radius 3 is 1.29 bits per heavy atom. The van der Waals surface area contributed by atoms with Gasteiger partial charge in [0.2, 0.25) is 0 Å². The van der Waals surface area contributed by atoms with Crippen molar-refractivity contribution in [2.24, 2.45) is 20.0 Å². The molecule has 0 saturated carbocycles. The number of nitrogens with one attached hydrogen (secondary N) is 2. The highest BCUT2D eigenvalue weighted by Gasteiger charge is 2.11. The van der Waals surface area contributed by atoms with Gasteiger partial charge in [-0.05, 0) is 41.5 Å². The van der Waals surface area contributed by atoms with E-state index in [0.717, 1.165) is 45.0 Å². The van der Waals surface area contributed by atoms with Gasteiger partial charge >= 0.3 is 0 Å². The lowest BCUT2D eigenvalue weighted by Gasteiger charge is -2.05. The lowest BCUT2D eigenvalue weighted by atomic mass is 10.1. The molecule has 0 amide bonds. The van der Waals surface area contributed by atoms with Crippen LogP contribution in [-0.2, 0) is 0 Å². The van der Waals surface area contributed by atoms with Crippen LogP contribution >= 0.6 is 0 Å². The molecule has 6 heteroatoms. The van der Waals surface area contributed by atoms with E-state index in [2.05, 4.69) is 61.5 Å². The molecular weight excluding hydrogens is 348 g/mol. The van der Waals surface area contributed by atoms with Crippen LogP contribution in [0, 0.1) is 27.7 Å². The molecule has 0 radical (unpaired) electrons. The molecule has 3 rings (SSSR count). The zero-order valence-electron chi connectivity index (χ0n) is 17.7. The van der Waals surface area contributed by atoms with E-state index in [-0.39, 0.29) is 12.1 Å². The summed E-state index contributed by atoms with van der Waals surface area (Å²) in [6.07, 6.45) is 7.78. The van der Waals surface area contributed by atoms with Crippen LogP contribution in [0.25, 0.3) is 0 Å². The summed E-state index contributed by atoms with van der Waals surface area (Å²) in [4.78, 5) is 25.5. The number of fused-ring (bicyclic) bond motifs is 2. The minimum Gasteiger partial charge on any atom is -0.362 e. The summed E-state index contributed by atoms with van der Waals surface area (Å²) < 4.78 is 0. The lowest BCUT2D eigenvalue weighted by Crippen LogP contribution is -2.07. The number of hydrogen-bond donors (Lipinski definition) is 2. The molecule has 0 aliphatic carbocycles. The Labute approximate surface area is 167 Å². The maximum Gasteiger partial charge on any atom is 0.0666 e. The molecule has 0 spiro atoms. The predicted molar refractivity (Wildman–Crippen MR) is 120 cm³/mol. The Morgan fingerprint density at radius 2 is 0.929 bits per heavy atom. The van der Waals surface area contributed by atoms with Crippen LogP contribution in [0.1, 0.15) is 58.9 Å². The van der Waals surface area contributed by atoms with Gasteiger partial charge in [-0.25, -0.2) is 0 Å². The molecule has 2 atom stereocenters. The van der Waals surface area contributed by atoms with Crippen LogP contribution in [0.5, 0.6) is 0 Å². The van der Waals surface area contributed by atoms with Gasteiger partial charge in [0, 0.05) is 69.9 Å². The molecule has 2 unspecified atom stereocenters. The quantitative estimate of drug-likeness (QED) is 0.700. The van der Waals surface area contributed by atoms with E-state index in [0.29, 0.717) is 13.1 Å². The predicted octanol–water partition coefficient (Wildman–Crippen LogP) is 3.74. The van der Waals surface area contributed by atoms with Crippen molar-refractivity contribution in [3.63, 3.8) is 0 Å². The molecule has 2 N–H and O–H groups in total. The van der Waals surface area contributed by atoms with E-state index in [1.54, 1.807) is 0 Å². The van der Waals surface area contributed by atoms with Gasteiger partial charge in [0.1, 0.15) is 0 Å². The van der Waals surface area contributed by atoms with Gasteiger partial charge < -0.3 is 9.97 Å². The molecule has 0 fully saturated rings. The highest BCUT2D eigenvalue weighted by Crippen LogP contribution is 2.17. The number of aliphatic imine (C=N–C) groups is 4. The molecular formula is C22H30N6. The minimum absolute atomic E-state index is 0.0982. The zero-order chi connectivity index (χ0) is 20.3. The first-order chi connectivity index (χ1) is 13.4. The molecule has 0 bridgehead atoms. The van der Waals surface area contributed by atoms with Crippen LogP contribution < -0.4 is 0 Å². The first kappa shape index (κ1) is 20.0. The fraction of sp³-hybridized carbons (Fsp3) is 0.455. The smallest absolute Gasteiger partial charge is 0.0666 e. The van der Waals surface area contributed by atoms with Gasteiger partial charge in [0.25, 0.3) is 0 Å². The summed E-state index contributed by atoms with van der Waals surface area (Å²) >= 11 is 0. The van der Waals surface area contributed by atoms with Crippen molar-refractivity contribution in [3.8, 4) is 0 Å². The third-order valence-corrected chi connectivity index (χ3v) is 5.04. The summed E-state index contributed by atoms with van der Waals surface area (Å²) in [5.41, 5.74) is 8.81. The number of rotatable bonds is 0. The van der Waals surface area contributed by atoms with E-state index in [1.807, 2.05) is 24.9 Å². The van der Waals surface area contributed by atoms with Gasteiger partial charge in [-0.1, -0.05) is 0 Å². The third kappa shape index (κ3) is 4.38. The Hall–Kier alpha value is -2.76. The highest BCUT2D eigenvalue weighted by molar-refractivity contribution is 5.97. The number of nitrogens with zero attached hydrogens (tertiary/aromatic N) is 4. The third-order valence-electron chi connectivity index (χ3n) is 5.04. The van der Waals surface area contributed by atoms with Crippen molar-refractivity contribution in [2.75, 3.05) is 13.1 Å². The molecule has 2 aromatic rings. The Bertz CT molecular complexity index is 876. The first-order valence-electron chi connectivity index (χ1n) is 9.81. The highest BCUT2D eigenvalue weighted by atomic mass is 14.9. The Kier molecular flexibility index (Phi) is 6.07. The van der Waals surface area contributed by atoms with Crippen LogP contribution in [0.2, 0.25) is 0 Å². The largest absolute Gasteiger partial charge is 0.362 e. The van der Waals surface area contributed by atoms with Crippen molar-refractivity contribution in [1.29, 1.82) is 0 Å². The second-order valence-corrected chi connectivity index (χ2v) is 7.65. The second kappa shape index (κ2) is 8.50. The fourth-order valence-electron chi connectivity index (χ4n) is 3.40. The standard InChI is InChI=1S/C22H30N6/c1-13-7-23-9-19-15(3)28-18(6)22(19)12-26-14(2)8-24-10-20-16(4)27-17(5)21(20)11-25-13/h9-14,27-28H,7-8H2,1-6H3. The number of aromatic amines is 2. The topological polar surface area (TPSA) is 81.0 Å². The van der Waals surface area contributed by atoms with Crippen molar-refractivity contribution >= 4 is 24.9 Å². The maximum absolute atomic E-state index is 4.71. The van der Waals surface area contributed by atoms with E-state index in [1.165, 1.54) is 0 Å². The summed E-state index contributed by atoms with van der Waals surface area (Å²) in [6, 6.07) is 0.196. The number of aromatic nitrogens is 2. The summed E-state index contributed by atoms with van der Waals surface area (Å²) in [5, 5.41) is 0. The average Bonchev–Trinajstić information content (AvgIpc) is 3.05. The van der Waals surface area contributed by atoms with Gasteiger partial charge in [-0.15, -0.1) is 0 Å². The van der Waals surface area contributed by atoms with Gasteiger partial charge in [0.15, 0.2) is 0 Å². The van der Waals surface area contributed by atoms with Crippen molar-refractivity contribution in [2.45, 2.75) is 53.6 Å². The monoisotopic (exact) mass is 378 g/mol. The zero-order valence-corrected chi connectivity index (χ0v) is 17.7. The minimum atomic E-state index is 0.0982. The van der Waals surface area contributed by atoms with Crippen LogP contribution in [0.15, 0.2) is 20.0 Å². The molecule has 1 aliphatic rings. The van der Waals surface area contributed by atoms with Crippen molar-refractivity contribution < 1.29 is 0 Å². The summed E-state index contributed by atoms with van der Waals surface area (Å²) in [5.74, 6) is 0. The van der Waals surface area contributed by atoms with Crippen molar-refractivity contribution in [3.05, 3.63) is 45.0 Å². The van der Waals surface area contributed by atoms with Crippen LogP contribution in [0.4, 0.5) is 0 Å². The Balaban J connectivity index is 1.99. The first-order valence-corrected chi connectivity index (χ1v) is 9.81. The molecule has 6 nitrogen and oxygen atoms in total. The molecule has 0 saturated heterocycles. The normalized spacial score (nSPS) is 20.4. The van der Waals surface area contributed by atoms with E-state index < -0.39 is 0 Å². The molecule has 3 heterocycles. The molecule has 28 heavy (non-hydrogen) atoms. The van der Waals surface area contributed by atoms with Gasteiger partial charge in [-0.3, -0.25) is 20.0 Å². The van der Waals surface area contributed by atoms with Gasteiger partial charge in [-0.2, -0.15) is 0 Å². The van der Waals surface area contributed by atoms with Crippen molar-refractivity contribution in [1.82, 2.24) is 9.97 Å². The molecule has 1 aliphatic heterocycles. The Morgan fingerprint density at radius 1 is 0.607 bits per heavy atom. The molecule has 0 aromatic carbocycles. The second-order valence-electron chi connectivity index (χ2n) is 7.65. The SMILES string of the molecule is Cc1[nH]c(C)c2c1C=NCC(C)N=Cc1c(C)[nH]c(C)c1C=NCC(C)N=C2.